The van der Waals surface area contributed by atoms with Crippen LogP contribution in [-0.4, -0.2) is 17.7 Å². The molecule has 1 N–H and O–H groups in total. The lowest BCUT2D eigenvalue weighted by Crippen LogP contribution is -2.35. The predicted octanol–water partition coefficient (Wildman–Crippen LogP) is 1.80. The first kappa shape index (κ1) is 11.2. The summed E-state index contributed by atoms with van der Waals surface area (Å²) in [6.07, 6.45) is 7.14. The minimum absolute atomic E-state index is 0.0382. The van der Waals surface area contributed by atoms with Crippen LogP contribution >= 0.6 is 0 Å². The van der Waals surface area contributed by atoms with Crippen molar-refractivity contribution >= 4 is 11.7 Å². The fourth-order valence-corrected chi connectivity index (χ4v) is 1.93. The van der Waals surface area contributed by atoms with Crippen LogP contribution < -0.4 is 5.32 Å². The van der Waals surface area contributed by atoms with Crippen molar-refractivity contribution in [1.29, 1.82) is 0 Å². The molecule has 0 bridgehead atoms. The molecule has 0 radical (unpaired) electrons. The van der Waals surface area contributed by atoms with Gasteiger partial charge in [-0.1, -0.05) is 25.7 Å². The van der Waals surface area contributed by atoms with Crippen molar-refractivity contribution in [3.63, 3.8) is 0 Å². The zero-order valence-electron chi connectivity index (χ0n) is 8.84. The monoisotopic (exact) mass is 197 g/mol. The second-order valence-electron chi connectivity index (χ2n) is 4.13. The van der Waals surface area contributed by atoms with Crippen LogP contribution in [0.4, 0.5) is 0 Å². The quantitative estimate of drug-likeness (QED) is 0.554. The van der Waals surface area contributed by atoms with Gasteiger partial charge in [-0.25, -0.2) is 0 Å². The van der Waals surface area contributed by atoms with Crippen molar-refractivity contribution in [2.75, 3.05) is 0 Å². The van der Waals surface area contributed by atoms with E-state index in [2.05, 4.69) is 5.32 Å². The van der Waals surface area contributed by atoms with Gasteiger partial charge in [-0.05, 0) is 19.8 Å². The van der Waals surface area contributed by atoms with E-state index < -0.39 is 0 Å². The lowest BCUT2D eigenvalue weighted by atomic mass is 10.1. The number of rotatable bonds is 3. The first-order chi connectivity index (χ1) is 6.68. The average molecular weight is 197 g/mol. The molecule has 1 fully saturated rings. The Bertz CT molecular complexity index is 205. The zero-order valence-corrected chi connectivity index (χ0v) is 8.84. The molecule has 0 aromatic rings. The summed E-state index contributed by atoms with van der Waals surface area (Å²) in [4.78, 5) is 22.0. The van der Waals surface area contributed by atoms with Crippen LogP contribution in [0.2, 0.25) is 0 Å². The smallest absolute Gasteiger partial charge is 0.227 e. The van der Waals surface area contributed by atoms with Gasteiger partial charge in [0.05, 0.1) is 6.42 Å². The molecule has 0 spiro atoms. The van der Waals surface area contributed by atoms with Gasteiger partial charge >= 0.3 is 0 Å². The highest BCUT2D eigenvalue weighted by Crippen LogP contribution is 2.17. The third kappa shape index (κ3) is 4.40. The Kier molecular flexibility index (Phi) is 4.63. The standard InChI is InChI=1S/C11H19NO2/c1-9(13)8-11(14)12-10-6-4-2-3-5-7-10/h10H,2-8H2,1H3,(H,12,14). The van der Waals surface area contributed by atoms with Gasteiger partial charge in [0.2, 0.25) is 5.91 Å². The number of amides is 1. The van der Waals surface area contributed by atoms with Crippen LogP contribution in [0.5, 0.6) is 0 Å². The number of ketones is 1. The number of carbonyl (C=O) groups is 2. The third-order valence-electron chi connectivity index (χ3n) is 2.63. The van der Waals surface area contributed by atoms with Crippen LogP contribution in [0.3, 0.4) is 0 Å². The van der Waals surface area contributed by atoms with Crippen molar-refractivity contribution in [3.05, 3.63) is 0 Å². The Morgan fingerprint density at radius 2 is 1.71 bits per heavy atom. The Morgan fingerprint density at radius 1 is 1.14 bits per heavy atom. The summed E-state index contributed by atoms with van der Waals surface area (Å²) in [6, 6.07) is 0.310. The first-order valence-electron chi connectivity index (χ1n) is 5.47. The predicted molar refractivity (Wildman–Crippen MR) is 54.9 cm³/mol. The SMILES string of the molecule is CC(=O)CC(=O)NC1CCCCCC1. The Labute approximate surface area is 85.3 Å². The maximum atomic E-state index is 11.3. The number of carbonyl (C=O) groups excluding carboxylic acids is 2. The van der Waals surface area contributed by atoms with E-state index in [-0.39, 0.29) is 18.1 Å². The lowest BCUT2D eigenvalue weighted by Gasteiger charge is -2.15. The molecular formula is C11H19NO2. The molecule has 1 saturated carbocycles. The molecule has 0 saturated heterocycles. The summed E-state index contributed by atoms with van der Waals surface area (Å²) in [7, 11) is 0. The molecule has 1 aliphatic rings. The number of hydrogen-bond acceptors (Lipinski definition) is 2. The minimum Gasteiger partial charge on any atom is -0.353 e. The molecule has 0 aromatic carbocycles. The van der Waals surface area contributed by atoms with E-state index >= 15 is 0 Å². The fraction of sp³-hybridized carbons (Fsp3) is 0.818. The summed E-state index contributed by atoms with van der Waals surface area (Å²) in [5.41, 5.74) is 0. The highest BCUT2D eigenvalue weighted by Gasteiger charge is 2.15. The lowest BCUT2D eigenvalue weighted by molar-refractivity contribution is -0.127. The van der Waals surface area contributed by atoms with Gasteiger partial charge in [0.25, 0.3) is 0 Å². The molecule has 14 heavy (non-hydrogen) atoms. The van der Waals surface area contributed by atoms with Crippen LogP contribution in [0.25, 0.3) is 0 Å². The summed E-state index contributed by atoms with van der Waals surface area (Å²) in [5.74, 6) is -0.166. The summed E-state index contributed by atoms with van der Waals surface area (Å²) in [5, 5.41) is 2.93. The molecule has 0 unspecified atom stereocenters. The van der Waals surface area contributed by atoms with Crippen LogP contribution in [-0.2, 0) is 9.59 Å². The third-order valence-corrected chi connectivity index (χ3v) is 2.63. The summed E-state index contributed by atoms with van der Waals surface area (Å²) in [6.45, 7) is 1.45. The highest BCUT2D eigenvalue weighted by molar-refractivity contribution is 5.96. The molecule has 1 rings (SSSR count). The van der Waals surface area contributed by atoms with Crippen LogP contribution in [0.1, 0.15) is 51.9 Å². The van der Waals surface area contributed by atoms with Gasteiger partial charge in [-0.15, -0.1) is 0 Å². The maximum absolute atomic E-state index is 11.3. The number of Topliss-reactive ketones (excluding diaryl/α,β-unsaturated/α-hetero) is 1. The highest BCUT2D eigenvalue weighted by atomic mass is 16.2. The van der Waals surface area contributed by atoms with Gasteiger partial charge in [-0.2, -0.15) is 0 Å². The van der Waals surface area contributed by atoms with E-state index in [9.17, 15) is 9.59 Å². The molecule has 0 aromatic heterocycles. The van der Waals surface area contributed by atoms with Crippen LogP contribution in [0.15, 0.2) is 0 Å². The molecule has 1 amide bonds. The normalized spacial score (nSPS) is 18.6. The molecule has 1 aliphatic carbocycles. The number of hydrogen-bond donors (Lipinski definition) is 1. The molecule has 80 valence electrons. The van der Waals surface area contributed by atoms with Gasteiger partial charge < -0.3 is 5.32 Å². The van der Waals surface area contributed by atoms with E-state index in [4.69, 9.17) is 0 Å². The summed E-state index contributed by atoms with van der Waals surface area (Å²) < 4.78 is 0. The van der Waals surface area contributed by atoms with Crippen molar-refractivity contribution in [3.8, 4) is 0 Å². The van der Waals surface area contributed by atoms with Crippen molar-refractivity contribution in [2.45, 2.75) is 57.9 Å². The van der Waals surface area contributed by atoms with E-state index in [1.165, 1.54) is 32.6 Å². The minimum atomic E-state index is -0.107. The molecule has 0 atom stereocenters. The van der Waals surface area contributed by atoms with Gasteiger partial charge in [0.1, 0.15) is 5.78 Å². The molecule has 3 heteroatoms. The Balaban J connectivity index is 2.27. The Hall–Kier alpha value is -0.860. The van der Waals surface area contributed by atoms with Crippen molar-refractivity contribution < 1.29 is 9.59 Å². The maximum Gasteiger partial charge on any atom is 0.227 e. The van der Waals surface area contributed by atoms with Gasteiger partial charge in [-0.3, -0.25) is 9.59 Å². The van der Waals surface area contributed by atoms with Crippen molar-refractivity contribution in [2.24, 2.45) is 0 Å². The zero-order chi connectivity index (χ0) is 10.4. The molecule has 0 heterocycles. The van der Waals surface area contributed by atoms with E-state index in [0.29, 0.717) is 6.04 Å². The second kappa shape index (κ2) is 5.78. The van der Waals surface area contributed by atoms with E-state index in [0.717, 1.165) is 12.8 Å². The molecule has 0 aliphatic heterocycles. The first-order valence-corrected chi connectivity index (χ1v) is 5.47. The average Bonchev–Trinajstić information content (AvgIpc) is 2.31. The van der Waals surface area contributed by atoms with Gasteiger partial charge in [0.15, 0.2) is 0 Å². The fourth-order valence-electron chi connectivity index (χ4n) is 1.93. The van der Waals surface area contributed by atoms with E-state index in [1.54, 1.807) is 0 Å². The van der Waals surface area contributed by atoms with E-state index in [1.807, 2.05) is 0 Å². The Morgan fingerprint density at radius 3 is 2.21 bits per heavy atom. The topological polar surface area (TPSA) is 46.2 Å². The molecular weight excluding hydrogens is 178 g/mol. The second-order valence-corrected chi connectivity index (χ2v) is 4.13. The van der Waals surface area contributed by atoms with Gasteiger partial charge in [0, 0.05) is 6.04 Å². The number of nitrogens with one attached hydrogen (secondary N) is 1. The largest absolute Gasteiger partial charge is 0.353 e. The van der Waals surface area contributed by atoms with Crippen LogP contribution in [0, 0.1) is 0 Å². The van der Waals surface area contributed by atoms with Crippen molar-refractivity contribution in [1.82, 2.24) is 5.32 Å². The summed E-state index contributed by atoms with van der Waals surface area (Å²) >= 11 is 0. The molecule has 3 nitrogen and oxygen atoms in total.